The van der Waals surface area contributed by atoms with Crippen molar-refractivity contribution in [2.75, 3.05) is 37.7 Å². The molecule has 0 N–H and O–H groups in total. The summed E-state index contributed by atoms with van der Waals surface area (Å²) < 4.78 is 11.4. The number of carbonyl (C=O) groups excluding carboxylic acids is 1. The Morgan fingerprint density at radius 3 is 2.48 bits per heavy atom. The molecule has 1 aromatic carbocycles. The van der Waals surface area contributed by atoms with Gasteiger partial charge in [0.15, 0.2) is 5.82 Å². The third-order valence-electron chi connectivity index (χ3n) is 6.78. The van der Waals surface area contributed by atoms with Crippen LogP contribution in [0.3, 0.4) is 0 Å². The summed E-state index contributed by atoms with van der Waals surface area (Å²) in [6.07, 6.45) is 6.80. The summed E-state index contributed by atoms with van der Waals surface area (Å²) in [6, 6.07) is 8.78. The monoisotopic (exact) mass is 516 g/mol. The molecule has 2 atom stereocenters. The molecule has 0 aliphatic carbocycles. The van der Waals surface area contributed by atoms with Gasteiger partial charge in [-0.3, -0.25) is 0 Å². The Bertz CT molecular complexity index is 887. The van der Waals surface area contributed by atoms with Gasteiger partial charge in [0.1, 0.15) is 0 Å². The minimum Gasteiger partial charge on any atom is -0.176 e. The number of likely N-dealkylation sites (tertiary alicyclic amines) is 1. The van der Waals surface area contributed by atoms with Gasteiger partial charge in [0, 0.05) is 5.92 Å². The third-order valence-corrected chi connectivity index (χ3v) is 8.19. The van der Waals surface area contributed by atoms with E-state index in [1.54, 1.807) is 0 Å². The van der Waals surface area contributed by atoms with E-state index in [0.29, 0.717) is 6.01 Å². The molecule has 1 amide bonds. The normalized spacial score (nSPS) is 18.2. The molecule has 180 valence electrons. The van der Waals surface area contributed by atoms with Crippen LogP contribution in [0.25, 0.3) is 0 Å². The fraction of sp³-hybridized carbons (Fsp3) is 0.640. The van der Waals surface area contributed by atoms with Crippen LogP contribution in [0.15, 0.2) is 28.8 Å². The van der Waals surface area contributed by atoms with Crippen molar-refractivity contribution in [2.24, 2.45) is 5.92 Å². The molecule has 33 heavy (non-hydrogen) atoms. The molecular formula is C25H37AsN4O3. The van der Waals surface area contributed by atoms with Crippen LogP contribution in [0.1, 0.15) is 74.4 Å². The average molecular weight is 517 g/mol. The smallest absolute Gasteiger partial charge is 0.176 e. The molecule has 1 aromatic heterocycles. The molecule has 2 saturated heterocycles. The van der Waals surface area contributed by atoms with Crippen LogP contribution in [0.5, 0.6) is 5.75 Å². The predicted molar refractivity (Wildman–Crippen MR) is 132 cm³/mol. The fourth-order valence-electron chi connectivity index (χ4n) is 4.61. The van der Waals surface area contributed by atoms with Gasteiger partial charge in [-0.05, 0) is 0 Å². The molecule has 2 aliphatic heterocycles. The molecule has 0 saturated carbocycles. The summed E-state index contributed by atoms with van der Waals surface area (Å²) in [7, 11) is 0. The van der Waals surface area contributed by atoms with Crippen LogP contribution < -0.4 is 9.64 Å². The first-order valence-corrected chi connectivity index (χ1v) is 13.8. The van der Waals surface area contributed by atoms with Crippen molar-refractivity contribution in [3.05, 3.63) is 35.7 Å². The summed E-state index contributed by atoms with van der Waals surface area (Å²) in [5.74, 6) is 2.95. The average Bonchev–Trinajstić information content (AvgIpc) is 3.55. The number of amides is 1. The van der Waals surface area contributed by atoms with Crippen LogP contribution in [-0.4, -0.2) is 70.6 Å². The molecule has 8 heteroatoms. The molecule has 4 rings (SSSR count). The van der Waals surface area contributed by atoms with Gasteiger partial charge in [0.05, 0.1) is 0 Å². The van der Waals surface area contributed by atoms with Crippen molar-refractivity contribution in [3.8, 4) is 5.75 Å². The first-order chi connectivity index (χ1) is 16.0. The maximum atomic E-state index is 12.6. The van der Waals surface area contributed by atoms with E-state index in [0.717, 1.165) is 87.9 Å². The van der Waals surface area contributed by atoms with Crippen LogP contribution in [0.2, 0.25) is 0 Å². The molecule has 2 aromatic rings. The summed E-state index contributed by atoms with van der Waals surface area (Å²) in [5.41, 5.74) is 1.09. The van der Waals surface area contributed by atoms with Crippen molar-refractivity contribution >= 4 is 28.8 Å². The van der Waals surface area contributed by atoms with E-state index in [4.69, 9.17) is 9.26 Å². The van der Waals surface area contributed by atoms with Gasteiger partial charge in [0.25, 0.3) is 0 Å². The summed E-state index contributed by atoms with van der Waals surface area (Å²) in [6.45, 7) is 8.66. The minimum atomic E-state index is -0.0281. The maximum absolute atomic E-state index is 12.6. The van der Waals surface area contributed by atoms with Crippen molar-refractivity contribution in [1.29, 1.82) is 0 Å². The van der Waals surface area contributed by atoms with Crippen molar-refractivity contribution in [3.63, 3.8) is 0 Å². The molecular weight excluding hydrogens is 479 g/mol. The molecule has 2 aliphatic rings. The van der Waals surface area contributed by atoms with Gasteiger partial charge in [0.2, 0.25) is 0 Å². The Morgan fingerprint density at radius 1 is 1.15 bits per heavy atom. The Balaban J connectivity index is 1.14. The Hall–Kier alpha value is -2.01. The van der Waals surface area contributed by atoms with E-state index in [9.17, 15) is 4.79 Å². The van der Waals surface area contributed by atoms with E-state index >= 15 is 0 Å². The molecule has 7 nitrogen and oxygen atoms in total. The second kappa shape index (κ2) is 11.4. The zero-order valence-electron chi connectivity index (χ0n) is 19.9. The minimum absolute atomic E-state index is 0.0281. The van der Waals surface area contributed by atoms with E-state index in [-0.39, 0.29) is 16.5 Å². The first kappa shape index (κ1) is 24.1. The van der Waals surface area contributed by atoms with Crippen LogP contribution in [0, 0.1) is 5.92 Å². The van der Waals surface area contributed by atoms with Gasteiger partial charge in [-0.15, -0.1) is 0 Å². The van der Waals surface area contributed by atoms with Gasteiger partial charge in [-0.25, -0.2) is 0 Å². The first-order valence-electron chi connectivity index (χ1n) is 12.4. The molecule has 2 fully saturated rings. The SMILES string of the molecule is CC(C)c1noc(N2CCC(CCCOc3ccc(C([AsH2])C(=O)N4CCCC4)cc3)CC2)n1. The van der Waals surface area contributed by atoms with E-state index < -0.39 is 0 Å². The quantitative estimate of drug-likeness (QED) is 0.375. The third kappa shape index (κ3) is 6.32. The number of piperidine rings is 1. The summed E-state index contributed by atoms with van der Waals surface area (Å²) >= 11 is 1.48. The second-order valence-electron chi connectivity index (χ2n) is 9.59. The van der Waals surface area contributed by atoms with Crippen molar-refractivity contribution in [2.45, 2.75) is 63.0 Å². The van der Waals surface area contributed by atoms with Crippen molar-refractivity contribution in [1.82, 2.24) is 15.0 Å². The zero-order chi connectivity index (χ0) is 23.2. The molecule has 0 radical (unpaired) electrons. The number of aromatic nitrogens is 2. The molecule has 0 spiro atoms. The molecule has 0 bridgehead atoms. The predicted octanol–water partition coefficient (Wildman–Crippen LogP) is 3.57. The van der Waals surface area contributed by atoms with E-state index in [1.165, 1.54) is 23.3 Å². The number of hydrogen-bond donors (Lipinski definition) is 0. The summed E-state index contributed by atoms with van der Waals surface area (Å²) in [4.78, 5) is 21.4. The van der Waals surface area contributed by atoms with Crippen LogP contribution >= 0.6 is 0 Å². The van der Waals surface area contributed by atoms with Gasteiger partial charge in [-0.2, -0.15) is 4.98 Å². The standard InChI is InChI=1S/C25H37AsN4O3/c1-18(2)23-27-25(33-28-23)30-15-11-19(12-16-30)6-5-17-32-21-9-7-20(8-10-21)22(26)24(31)29-13-3-4-14-29/h7-10,18-19,22H,3-6,11-17,26H2,1-2H3. The van der Waals surface area contributed by atoms with Crippen LogP contribution in [0.4, 0.5) is 6.01 Å². The number of nitrogens with zero attached hydrogens (tertiary/aromatic N) is 4. The number of ether oxygens (including phenoxy) is 1. The number of hydrogen-bond acceptors (Lipinski definition) is 6. The second-order valence-corrected chi connectivity index (χ2v) is 11.0. The van der Waals surface area contributed by atoms with Gasteiger partial charge < -0.3 is 9.42 Å². The molecule has 2 unspecified atom stereocenters. The number of carbonyl (C=O) groups is 1. The number of anilines is 1. The van der Waals surface area contributed by atoms with E-state index in [2.05, 4.69) is 28.9 Å². The Labute approximate surface area is 205 Å². The topological polar surface area (TPSA) is 71.7 Å². The zero-order valence-corrected chi connectivity index (χ0v) is 22.3. The van der Waals surface area contributed by atoms with Crippen molar-refractivity contribution < 1.29 is 14.1 Å². The van der Waals surface area contributed by atoms with Gasteiger partial charge >= 0.3 is 161 Å². The molecule has 3 heterocycles. The Kier molecular flexibility index (Phi) is 8.34. The number of benzene rings is 1. The Morgan fingerprint density at radius 2 is 1.85 bits per heavy atom. The van der Waals surface area contributed by atoms with E-state index in [1.807, 2.05) is 29.2 Å². The summed E-state index contributed by atoms with van der Waals surface area (Å²) in [5, 5.41) is 4.08. The van der Waals surface area contributed by atoms with Crippen LogP contribution in [-0.2, 0) is 4.79 Å². The fourth-order valence-corrected chi connectivity index (χ4v) is 5.52. The van der Waals surface area contributed by atoms with Gasteiger partial charge in [-0.1, -0.05) is 19.0 Å². The number of rotatable bonds is 9.